The number of anilines is 1. The van der Waals surface area contributed by atoms with Gasteiger partial charge < -0.3 is 20.3 Å². The second-order valence-corrected chi connectivity index (χ2v) is 4.44. The zero-order valence-electron chi connectivity index (χ0n) is 10.3. The molecule has 6 heteroatoms. The predicted octanol–water partition coefficient (Wildman–Crippen LogP) is 1.46. The summed E-state index contributed by atoms with van der Waals surface area (Å²) in [5.41, 5.74) is 0.0472. The van der Waals surface area contributed by atoms with Crippen LogP contribution < -0.4 is 5.32 Å². The van der Waals surface area contributed by atoms with E-state index >= 15 is 0 Å². The van der Waals surface area contributed by atoms with Crippen LogP contribution in [0.15, 0.2) is 18.2 Å². The number of amides is 1. The number of carboxylic acid groups (broad SMARTS) is 1. The molecule has 0 radical (unpaired) electrons. The average Bonchev–Trinajstić information content (AvgIpc) is 2.41. The Bertz CT molecular complexity index is 494. The molecule has 0 bridgehead atoms. The largest absolute Gasteiger partial charge is 0.508 e. The molecule has 6 nitrogen and oxygen atoms in total. The SMILES string of the molecule is O=C(O)c1cc(O)ccc1NC(=O)C1CCCOC1. The van der Waals surface area contributed by atoms with Gasteiger partial charge in [-0.25, -0.2) is 4.79 Å². The number of hydrogen-bond donors (Lipinski definition) is 3. The molecule has 3 N–H and O–H groups in total. The van der Waals surface area contributed by atoms with Gasteiger partial charge >= 0.3 is 5.97 Å². The van der Waals surface area contributed by atoms with Gasteiger partial charge in [0, 0.05) is 6.61 Å². The molecule has 1 fully saturated rings. The summed E-state index contributed by atoms with van der Waals surface area (Å²) in [6.07, 6.45) is 1.55. The highest BCUT2D eigenvalue weighted by atomic mass is 16.5. The highest BCUT2D eigenvalue weighted by Gasteiger charge is 2.23. The number of phenolic OH excluding ortho intramolecular Hbond substituents is 1. The van der Waals surface area contributed by atoms with Crippen LogP contribution in [0.25, 0.3) is 0 Å². The van der Waals surface area contributed by atoms with Gasteiger partial charge in [-0.1, -0.05) is 0 Å². The third-order valence-corrected chi connectivity index (χ3v) is 3.02. The van der Waals surface area contributed by atoms with Gasteiger partial charge in [-0.3, -0.25) is 4.79 Å². The lowest BCUT2D eigenvalue weighted by Crippen LogP contribution is -2.30. The zero-order chi connectivity index (χ0) is 13.8. The number of aromatic carboxylic acids is 1. The van der Waals surface area contributed by atoms with Crippen molar-refractivity contribution in [1.29, 1.82) is 0 Å². The Kier molecular flexibility index (Phi) is 4.01. The van der Waals surface area contributed by atoms with Gasteiger partial charge in [-0.2, -0.15) is 0 Å². The average molecular weight is 265 g/mol. The number of phenols is 1. The van der Waals surface area contributed by atoms with Crippen molar-refractivity contribution in [3.63, 3.8) is 0 Å². The fraction of sp³-hybridized carbons (Fsp3) is 0.385. The lowest BCUT2D eigenvalue weighted by atomic mass is 10.0. The number of aromatic hydroxyl groups is 1. The first-order chi connectivity index (χ1) is 9.08. The third-order valence-electron chi connectivity index (χ3n) is 3.02. The predicted molar refractivity (Wildman–Crippen MR) is 67.2 cm³/mol. The molecule has 1 aliphatic rings. The summed E-state index contributed by atoms with van der Waals surface area (Å²) in [5.74, 6) is -1.88. The molecule has 1 aromatic rings. The quantitative estimate of drug-likeness (QED) is 0.719. The maximum atomic E-state index is 12.0. The molecule has 1 heterocycles. The minimum Gasteiger partial charge on any atom is -0.508 e. The van der Waals surface area contributed by atoms with Gasteiger partial charge in [0.2, 0.25) is 5.91 Å². The summed E-state index contributed by atoms with van der Waals surface area (Å²) in [6.45, 7) is 1.01. The van der Waals surface area contributed by atoms with E-state index in [1.807, 2.05) is 0 Å². The fourth-order valence-corrected chi connectivity index (χ4v) is 2.00. The van der Waals surface area contributed by atoms with Crippen LogP contribution in [0, 0.1) is 5.92 Å². The minimum atomic E-state index is -1.20. The standard InChI is InChI=1S/C13H15NO5/c15-9-3-4-11(10(6-9)13(17)18)14-12(16)8-2-1-5-19-7-8/h3-4,6,8,15H,1-2,5,7H2,(H,14,16)(H,17,18). The first-order valence-electron chi connectivity index (χ1n) is 6.03. The Morgan fingerprint density at radius 3 is 2.79 bits per heavy atom. The van der Waals surface area contributed by atoms with E-state index in [4.69, 9.17) is 9.84 Å². The molecule has 1 atom stereocenters. The molecule has 1 aromatic carbocycles. The van der Waals surface area contributed by atoms with Crippen LogP contribution >= 0.6 is 0 Å². The van der Waals surface area contributed by atoms with E-state index in [0.717, 1.165) is 18.9 Å². The third kappa shape index (κ3) is 3.23. The molecule has 1 amide bonds. The van der Waals surface area contributed by atoms with Crippen LogP contribution in [-0.2, 0) is 9.53 Å². The van der Waals surface area contributed by atoms with E-state index in [9.17, 15) is 14.7 Å². The molecule has 1 aliphatic heterocycles. The van der Waals surface area contributed by atoms with Gasteiger partial charge in [0.1, 0.15) is 5.75 Å². The second-order valence-electron chi connectivity index (χ2n) is 4.44. The van der Waals surface area contributed by atoms with Crippen LogP contribution in [0.2, 0.25) is 0 Å². The van der Waals surface area contributed by atoms with Crippen molar-refractivity contribution in [2.45, 2.75) is 12.8 Å². The van der Waals surface area contributed by atoms with Crippen LogP contribution in [0.5, 0.6) is 5.75 Å². The molecule has 102 valence electrons. The lowest BCUT2D eigenvalue weighted by molar-refractivity contribution is -0.123. The molecule has 0 saturated carbocycles. The van der Waals surface area contributed by atoms with Crippen molar-refractivity contribution >= 4 is 17.6 Å². The van der Waals surface area contributed by atoms with E-state index in [1.54, 1.807) is 0 Å². The van der Waals surface area contributed by atoms with Crippen LogP contribution in [0.4, 0.5) is 5.69 Å². The van der Waals surface area contributed by atoms with Crippen molar-refractivity contribution in [2.24, 2.45) is 5.92 Å². The highest BCUT2D eigenvalue weighted by Crippen LogP contribution is 2.23. The number of ether oxygens (including phenoxy) is 1. The number of nitrogens with one attached hydrogen (secondary N) is 1. The van der Waals surface area contributed by atoms with Crippen LogP contribution in [-0.4, -0.2) is 35.3 Å². The Morgan fingerprint density at radius 1 is 1.37 bits per heavy atom. The van der Waals surface area contributed by atoms with Crippen molar-refractivity contribution in [3.05, 3.63) is 23.8 Å². The van der Waals surface area contributed by atoms with Crippen molar-refractivity contribution in [2.75, 3.05) is 18.5 Å². The summed E-state index contributed by atoms with van der Waals surface area (Å²) in [5, 5.41) is 20.9. The molecule has 0 aromatic heterocycles. The first-order valence-corrected chi connectivity index (χ1v) is 6.03. The Labute approximate surface area is 110 Å². The summed E-state index contributed by atoms with van der Waals surface area (Å²) in [6, 6.07) is 3.81. The summed E-state index contributed by atoms with van der Waals surface area (Å²) in [7, 11) is 0. The van der Waals surface area contributed by atoms with Crippen molar-refractivity contribution < 1.29 is 24.5 Å². The topological polar surface area (TPSA) is 95.9 Å². The Balaban J connectivity index is 2.13. The Hall–Kier alpha value is -2.08. The maximum absolute atomic E-state index is 12.0. The molecular formula is C13H15NO5. The smallest absolute Gasteiger partial charge is 0.337 e. The number of carbonyl (C=O) groups is 2. The minimum absolute atomic E-state index is 0.134. The van der Waals surface area contributed by atoms with Gasteiger partial charge in [0.15, 0.2) is 0 Å². The van der Waals surface area contributed by atoms with Gasteiger partial charge in [0.25, 0.3) is 0 Å². The molecule has 19 heavy (non-hydrogen) atoms. The summed E-state index contributed by atoms with van der Waals surface area (Å²) < 4.78 is 5.22. The molecular weight excluding hydrogens is 250 g/mol. The number of carbonyl (C=O) groups excluding carboxylic acids is 1. The number of benzene rings is 1. The van der Waals surface area contributed by atoms with Gasteiger partial charge in [0.05, 0.1) is 23.8 Å². The lowest BCUT2D eigenvalue weighted by Gasteiger charge is -2.21. The highest BCUT2D eigenvalue weighted by molar-refractivity contribution is 6.01. The molecule has 0 spiro atoms. The summed E-state index contributed by atoms with van der Waals surface area (Å²) >= 11 is 0. The number of carboxylic acids is 1. The molecule has 0 aliphatic carbocycles. The van der Waals surface area contributed by atoms with Gasteiger partial charge in [-0.15, -0.1) is 0 Å². The normalized spacial score (nSPS) is 18.8. The van der Waals surface area contributed by atoms with Gasteiger partial charge in [-0.05, 0) is 31.0 Å². The van der Waals surface area contributed by atoms with Crippen LogP contribution in [0.1, 0.15) is 23.2 Å². The fourth-order valence-electron chi connectivity index (χ4n) is 2.00. The van der Waals surface area contributed by atoms with E-state index in [1.165, 1.54) is 12.1 Å². The second kappa shape index (κ2) is 5.71. The number of hydrogen-bond acceptors (Lipinski definition) is 4. The van der Waals surface area contributed by atoms with Crippen molar-refractivity contribution in [3.8, 4) is 5.75 Å². The van der Waals surface area contributed by atoms with Crippen LogP contribution in [0.3, 0.4) is 0 Å². The van der Waals surface area contributed by atoms with Crippen molar-refractivity contribution in [1.82, 2.24) is 0 Å². The van der Waals surface area contributed by atoms with E-state index < -0.39 is 5.97 Å². The van der Waals surface area contributed by atoms with E-state index in [2.05, 4.69) is 5.32 Å². The van der Waals surface area contributed by atoms with E-state index in [-0.39, 0.29) is 28.8 Å². The zero-order valence-corrected chi connectivity index (χ0v) is 10.3. The molecule has 1 unspecified atom stereocenters. The monoisotopic (exact) mass is 265 g/mol. The Morgan fingerprint density at radius 2 is 2.16 bits per heavy atom. The number of rotatable bonds is 3. The summed E-state index contributed by atoms with van der Waals surface area (Å²) in [4.78, 5) is 23.0. The molecule has 2 rings (SSSR count). The molecule has 1 saturated heterocycles. The first kappa shape index (κ1) is 13.4. The maximum Gasteiger partial charge on any atom is 0.337 e. The van der Waals surface area contributed by atoms with E-state index in [0.29, 0.717) is 13.2 Å².